The first-order valence-corrected chi connectivity index (χ1v) is 7.39. The Morgan fingerprint density at radius 1 is 1.22 bits per heavy atom. The second kappa shape index (κ2) is 6.88. The molecule has 1 saturated carbocycles. The number of unbranched alkanes of at least 4 members (excludes halogenated alkanes) is 1. The van der Waals surface area contributed by atoms with E-state index in [0.717, 1.165) is 31.1 Å². The average molecular weight is 251 g/mol. The molecule has 1 fully saturated rings. The minimum atomic E-state index is 0.489. The molecule has 1 aliphatic rings. The van der Waals surface area contributed by atoms with Gasteiger partial charge in [-0.1, -0.05) is 25.4 Å². The Morgan fingerprint density at radius 3 is 2.67 bits per heavy atom. The maximum Gasteiger partial charge on any atom is 0.229 e. The topological polar surface area (TPSA) is 51.0 Å². The van der Waals surface area contributed by atoms with Gasteiger partial charge < -0.3 is 9.84 Å². The summed E-state index contributed by atoms with van der Waals surface area (Å²) in [5, 5.41) is 7.61. The van der Waals surface area contributed by atoms with Crippen LogP contribution in [0.2, 0.25) is 0 Å². The molecule has 0 radical (unpaired) electrons. The number of aryl methyl sites for hydroxylation is 1. The van der Waals surface area contributed by atoms with Gasteiger partial charge >= 0.3 is 0 Å². The second-order valence-electron chi connectivity index (χ2n) is 5.26. The number of hydrogen-bond acceptors (Lipinski definition) is 4. The van der Waals surface area contributed by atoms with Crippen LogP contribution in [0.3, 0.4) is 0 Å². The third-order valence-corrected chi connectivity index (χ3v) is 3.81. The largest absolute Gasteiger partial charge is 0.339 e. The van der Waals surface area contributed by atoms with Crippen molar-refractivity contribution in [3.8, 4) is 0 Å². The second-order valence-corrected chi connectivity index (χ2v) is 5.26. The minimum Gasteiger partial charge on any atom is -0.339 e. The number of rotatable bonds is 6. The maximum atomic E-state index is 5.41. The van der Waals surface area contributed by atoms with Crippen LogP contribution in [0.25, 0.3) is 0 Å². The summed E-state index contributed by atoms with van der Waals surface area (Å²) in [6, 6.07) is 0.689. The smallest absolute Gasteiger partial charge is 0.229 e. The van der Waals surface area contributed by atoms with Crippen LogP contribution < -0.4 is 5.32 Å². The van der Waals surface area contributed by atoms with E-state index in [1.807, 2.05) is 0 Å². The molecule has 18 heavy (non-hydrogen) atoms. The number of nitrogens with zero attached hydrogens (tertiary/aromatic N) is 2. The zero-order valence-electron chi connectivity index (χ0n) is 11.6. The summed E-state index contributed by atoms with van der Waals surface area (Å²) in [5.41, 5.74) is 0. The van der Waals surface area contributed by atoms with Gasteiger partial charge in [-0.3, -0.25) is 0 Å². The molecule has 0 saturated heterocycles. The molecule has 0 bridgehead atoms. The van der Waals surface area contributed by atoms with Gasteiger partial charge in [0.15, 0.2) is 5.82 Å². The lowest BCUT2D eigenvalue weighted by Crippen LogP contribution is -2.32. The predicted octanol–water partition coefficient (Wildman–Crippen LogP) is 3.05. The summed E-state index contributed by atoms with van der Waals surface area (Å²) in [6.07, 6.45) is 8.08. The Morgan fingerprint density at radius 2 is 2.00 bits per heavy atom. The van der Waals surface area contributed by atoms with Gasteiger partial charge in [-0.15, -0.1) is 0 Å². The lowest BCUT2D eigenvalue weighted by atomic mass is 9.86. The molecule has 0 amide bonds. The molecule has 102 valence electrons. The Kier molecular flexibility index (Phi) is 5.17. The molecule has 2 rings (SSSR count). The van der Waals surface area contributed by atoms with Crippen LogP contribution in [0.4, 0.5) is 0 Å². The summed E-state index contributed by atoms with van der Waals surface area (Å²) in [4.78, 5) is 4.54. The van der Waals surface area contributed by atoms with Crippen molar-refractivity contribution in [2.45, 2.75) is 70.8 Å². The van der Waals surface area contributed by atoms with Crippen LogP contribution in [0, 0.1) is 0 Å². The van der Waals surface area contributed by atoms with E-state index in [-0.39, 0.29) is 0 Å². The summed E-state index contributed by atoms with van der Waals surface area (Å²) >= 11 is 0. The van der Waals surface area contributed by atoms with Gasteiger partial charge in [-0.05, 0) is 38.6 Å². The third-order valence-electron chi connectivity index (χ3n) is 3.81. The fourth-order valence-electron chi connectivity index (χ4n) is 2.70. The minimum absolute atomic E-state index is 0.489. The van der Waals surface area contributed by atoms with Crippen molar-refractivity contribution in [3.63, 3.8) is 0 Å². The van der Waals surface area contributed by atoms with Crippen LogP contribution in [-0.2, 0) is 6.42 Å². The Balaban J connectivity index is 1.83. The highest BCUT2D eigenvalue weighted by atomic mass is 16.5. The number of aromatic nitrogens is 2. The van der Waals surface area contributed by atoms with Crippen LogP contribution in [0.5, 0.6) is 0 Å². The Bertz CT molecular complexity index is 343. The van der Waals surface area contributed by atoms with Gasteiger partial charge in [0.05, 0.1) is 0 Å². The molecular weight excluding hydrogens is 226 g/mol. The van der Waals surface area contributed by atoms with Crippen molar-refractivity contribution >= 4 is 0 Å². The standard InChI is InChI=1S/C14H25N3O/c1-3-5-6-13-16-14(18-17-13)11-7-9-12(10-8-11)15-4-2/h11-12,15H,3-10H2,1-2H3. The monoisotopic (exact) mass is 251 g/mol. The summed E-state index contributed by atoms with van der Waals surface area (Å²) in [7, 11) is 0. The van der Waals surface area contributed by atoms with E-state index in [0.29, 0.717) is 12.0 Å². The highest BCUT2D eigenvalue weighted by Gasteiger charge is 2.25. The normalized spacial score (nSPS) is 24.3. The van der Waals surface area contributed by atoms with Crippen LogP contribution >= 0.6 is 0 Å². The van der Waals surface area contributed by atoms with Gasteiger partial charge in [0.2, 0.25) is 5.89 Å². The molecular formula is C14H25N3O. The van der Waals surface area contributed by atoms with Crippen molar-refractivity contribution < 1.29 is 4.52 Å². The molecule has 0 unspecified atom stereocenters. The van der Waals surface area contributed by atoms with Crippen molar-refractivity contribution in [1.29, 1.82) is 0 Å². The van der Waals surface area contributed by atoms with E-state index >= 15 is 0 Å². The van der Waals surface area contributed by atoms with E-state index in [1.54, 1.807) is 0 Å². The van der Waals surface area contributed by atoms with E-state index in [1.165, 1.54) is 32.1 Å². The van der Waals surface area contributed by atoms with Crippen molar-refractivity contribution in [3.05, 3.63) is 11.7 Å². The van der Waals surface area contributed by atoms with Gasteiger partial charge in [-0.25, -0.2) is 0 Å². The molecule has 1 aromatic rings. The molecule has 1 aliphatic carbocycles. The first-order chi connectivity index (χ1) is 8.83. The molecule has 0 spiro atoms. The molecule has 0 atom stereocenters. The Labute approximate surface area is 110 Å². The van der Waals surface area contributed by atoms with E-state index in [2.05, 4.69) is 29.3 Å². The number of hydrogen-bond donors (Lipinski definition) is 1. The molecule has 4 nitrogen and oxygen atoms in total. The zero-order valence-corrected chi connectivity index (χ0v) is 11.6. The quantitative estimate of drug-likeness (QED) is 0.844. The van der Waals surface area contributed by atoms with Gasteiger partial charge in [0, 0.05) is 18.4 Å². The zero-order chi connectivity index (χ0) is 12.8. The average Bonchev–Trinajstić information content (AvgIpc) is 2.86. The fraction of sp³-hybridized carbons (Fsp3) is 0.857. The summed E-state index contributed by atoms with van der Waals surface area (Å²) in [5.74, 6) is 2.25. The van der Waals surface area contributed by atoms with Crippen molar-refractivity contribution in [2.75, 3.05) is 6.54 Å². The SMILES string of the molecule is CCCCc1noc(C2CCC(NCC)CC2)n1. The van der Waals surface area contributed by atoms with Gasteiger partial charge in [-0.2, -0.15) is 4.98 Å². The van der Waals surface area contributed by atoms with E-state index in [4.69, 9.17) is 4.52 Å². The molecule has 4 heteroatoms. The van der Waals surface area contributed by atoms with Crippen LogP contribution in [0.1, 0.15) is 70.0 Å². The van der Waals surface area contributed by atoms with E-state index in [9.17, 15) is 0 Å². The maximum absolute atomic E-state index is 5.41. The van der Waals surface area contributed by atoms with Crippen molar-refractivity contribution in [2.24, 2.45) is 0 Å². The van der Waals surface area contributed by atoms with Crippen molar-refractivity contribution in [1.82, 2.24) is 15.5 Å². The summed E-state index contributed by atoms with van der Waals surface area (Å²) < 4.78 is 5.41. The summed E-state index contributed by atoms with van der Waals surface area (Å²) in [6.45, 7) is 5.42. The fourth-order valence-corrected chi connectivity index (χ4v) is 2.70. The van der Waals surface area contributed by atoms with Gasteiger partial charge in [0.1, 0.15) is 0 Å². The molecule has 1 N–H and O–H groups in total. The lowest BCUT2D eigenvalue weighted by Gasteiger charge is -2.26. The highest BCUT2D eigenvalue weighted by molar-refractivity contribution is 4.97. The highest BCUT2D eigenvalue weighted by Crippen LogP contribution is 2.31. The first-order valence-electron chi connectivity index (χ1n) is 7.39. The first kappa shape index (κ1) is 13.5. The number of nitrogens with one attached hydrogen (secondary N) is 1. The molecule has 0 aromatic carbocycles. The molecule has 1 heterocycles. The van der Waals surface area contributed by atoms with Crippen LogP contribution in [-0.4, -0.2) is 22.7 Å². The van der Waals surface area contributed by atoms with E-state index < -0.39 is 0 Å². The Hall–Kier alpha value is -0.900. The van der Waals surface area contributed by atoms with Crippen LogP contribution in [0.15, 0.2) is 4.52 Å². The van der Waals surface area contributed by atoms with Gasteiger partial charge in [0.25, 0.3) is 0 Å². The lowest BCUT2D eigenvalue weighted by molar-refractivity contribution is 0.283. The molecule has 1 aromatic heterocycles. The predicted molar refractivity (Wildman–Crippen MR) is 71.6 cm³/mol. The third kappa shape index (κ3) is 3.55. The molecule has 0 aliphatic heterocycles.